The summed E-state index contributed by atoms with van der Waals surface area (Å²) in [5.41, 5.74) is 0. The molecule has 0 saturated carbocycles. The van der Waals surface area contributed by atoms with Gasteiger partial charge in [0.1, 0.15) is 0 Å². The van der Waals surface area contributed by atoms with E-state index in [0.717, 1.165) is 0 Å². The van der Waals surface area contributed by atoms with E-state index in [1.165, 1.54) is 6.92 Å². The molecular weight excluding hydrogens is 232 g/mol. The molecule has 2 unspecified atom stereocenters. The number of aliphatic hydroxyl groups excluding tert-OH is 1. The zero-order valence-corrected chi connectivity index (χ0v) is 11.7. The van der Waals surface area contributed by atoms with E-state index in [2.05, 4.69) is 5.32 Å². The van der Waals surface area contributed by atoms with Crippen LogP contribution >= 0.6 is 7.80 Å². The SMILES string of the molecule is CC(=O)N[C]([Na])(CC[PH](=O)CO)C(=O)O. The van der Waals surface area contributed by atoms with Crippen molar-refractivity contribution in [2.24, 2.45) is 0 Å². The van der Waals surface area contributed by atoms with Gasteiger partial charge in [-0.2, -0.15) is 0 Å². The molecule has 0 aliphatic carbocycles. The molecule has 0 aliphatic rings. The van der Waals surface area contributed by atoms with Crippen molar-refractivity contribution in [1.82, 2.24) is 5.32 Å². The number of hydrogen-bond acceptors (Lipinski definition) is 4. The Morgan fingerprint density at radius 1 is 1.53 bits per heavy atom. The first-order chi connectivity index (χ1) is 6.81. The molecule has 6 nitrogen and oxygen atoms in total. The summed E-state index contributed by atoms with van der Waals surface area (Å²) in [7, 11) is -2.12. The molecule has 82 valence electrons. The van der Waals surface area contributed by atoms with E-state index in [4.69, 9.17) is 10.2 Å². The molecule has 0 heterocycles. The van der Waals surface area contributed by atoms with Gasteiger partial charge in [-0.05, 0) is 0 Å². The van der Waals surface area contributed by atoms with E-state index in [1.807, 2.05) is 0 Å². The minimum absolute atomic E-state index is 0.104. The van der Waals surface area contributed by atoms with E-state index in [0.29, 0.717) is 0 Å². The summed E-state index contributed by atoms with van der Waals surface area (Å²) in [6.45, 7) is 1.24. The van der Waals surface area contributed by atoms with Crippen molar-refractivity contribution in [2.75, 3.05) is 12.5 Å². The molecule has 3 N–H and O–H groups in total. The van der Waals surface area contributed by atoms with Crippen molar-refractivity contribution in [3.05, 3.63) is 0 Å². The Morgan fingerprint density at radius 2 is 2.07 bits per heavy atom. The molecule has 2 atom stereocenters. The third-order valence-corrected chi connectivity index (χ3v) is 4.34. The summed E-state index contributed by atoms with van der Waals surface area (Å²) in [4.78, 5) is 21.7. The first-order valence-corrected chi connectivity index (χ1v) is 7.29. The molecule has 0 spiro atoms. The van der Waals surface area contributed by atoms with Gasteiger partial charge in [0.15, 0.2) is 0 Å². The van der Waals surface area contributed by atoms with Gasteiger partial charge in [-0.1, -0.05) is 0 Å². The van der Waals surface area contributed by atoms with Crippen LogP contribution in [0.1, 0.15) is 13.3 Å². The number of carbonyl (C=O) groups excluding carboxylic acids is 1. The molecule has 8 heteroatoms. The van der Waals surface area contributed by atoms with Crippen LogP contribution in [0.3, 0.4) is 0 Å². The second-order valence-electron chi connectivity index (χ2n) is 3.52. The van der Waals surface area contributed by atoms with Gasteiger partial charge in [-0.15, -0.1) is 0 Å². The maximum atomic E-state index is 11.0. The third-order valence-electron chi connectivity index (χ3n) is 2.00. The van der Waals surface area contributed by atoms with Crippen molar-refractivity contribution in [3.8, 4) is 0 Å². The van der Waals surface area contributed by atoms with Crippen molar-refractivity contribution in [2.45, 2.75) is 16.1 Å². The van der Waals surface area contributed by atoms with Crippen LogP contribution in [-0.2, 0) is 14.2 Å². The molecule has 0 saturated heterocycles. The number of carboxylic acids is 1. The van der Waals surface area contributed by atoms with Crippen LogP contribution in [0, 0.1) is 0 Å². The number of carboxylic acid groups (broad SMARTS) is 1. The predicted octanol–water partition coefficient (Wildman–Crippen LogP) is -1.03. The number of nitrogens with one attached hydrogen (secondary N) is 1. The number of hydrogen-bond donors (Lipinski definition) is 3. The number of carbonyl (C=O) groups is 2. The van der Waals surface area contributed by atoms with Gasteiger partial charge in [0.2, 0.25) is 0 Å². The number of amides is 1. The maximum absolute atomic E-state index is 11.0. The first kappa shape index (κ1) is 15.1. The second-order valence-corrected chi connectivity index (χ2v) is 7.12. The molecule has 15 heavy (non-hydrogen) atoms. The topological polar surface area (TPSA) is 104 Å². The fraction of sp³-hybridized carbons (Fsp3) is 0.714. The van der Waals surface area contributed by atoms with E-state index >= 15 is 0 Å². The third kappa shape index (κ3) is 5.68. The molecule has 0 aliphatic heterocycles. The molecule has 0 radical (unpaired) electrons. The van der Waals surface area contributed by atoms with Gasteiger partial charge < -0.3 is 0 Å². The van der Waals surface area contributed by atoms with Crippen LogP contribution in [0.15, 0.2) is 0 Å². The van der Waals surface area contributed by atoms with E-state index in [-0.39, 0.29) is 40.5 Å². The van der Waals surface area contributed by atoms with E-state index in [9.17, 15) is 14.2 Å². The summed E-state index contributed by atoms with van der Waals surface area (Å²) in [5, 5.41) is 19.8. The van der Waals surface area contributed by atoms with Crippen LogP contribution in [0.4, 0.5) is 0 Å². The second kappa shape index (κ2) is 6.66. The van der Waals surface area contributed by atoms with Crippen molar-refractivity contribution >= 4 is 47.6 Å². The van der Waals surface area contributed by atoms with Crippen molar-refractivity contribution in [3.63, 3.8) is 0 Å². The molecule has 0 aromatic carbocycles. The Kier molecular flexibility index (Phi) is 6.71. The van der Waals surface area contributed by atoms with Crippen LogP contribution in [-0.4, -0.2) is 65.3 Å². The number of aliphatic hydroxyl groups is 1. The summed E-state index contributed by atoms with van der Waals surface area (Å²) in [6.07, 6.45) is -0.175. The summed E-state index contributed by atoms with van der Waals surface area (Å²) < 4.78 is 9.74. The van der Waals surface area contributed by atoms with Gasteiger partial charge >= 0.3 is 106 Å². The van der Waals surface area contributed by atoms with Gasteiger partial charge in [0.25, 0.3) is 0 Å². The summed E-state index contributed by atoms with van der Waals surface area (Å²) >= 11 is 0.223. The normalized spacial score (nSPS) is 16.5. The Morgan fingerprint density at radius 3 is 2.40 bits per heavy atom. The zero-order valence-electron chi connectivity index (χ0n) is 8.74. The average Bonchev–Trinajstić information content (AvgIpc) is 2.12. The summed E-state index contributed by atoms with van der Waals surface area (Å²) in [5.74, 6) is -1.53. The predicted molar refractivity (Wildman–Crippen MR) is 55.5 cm³/mol. The molecule has 0 aromatic heterocycles. The van der Waals surface area contributed by atoms with Crippen LogP contribution in [0.25, 0.3) is 0 Å². The Labute approximate surface area is 106 Å². The number of aliphatic carboxylic acids is 1. The fourth-order valence-electron chi connectivity index (χ4n) is 1.08. The van der Waals surface area contributed by atoms with E-state index in [1.54, 1.807) is 0 Å². The van der Waals surface area contributed by atoms with Crippen LogP contribution in [0.5, 0.6) is 0 Å². The monoisotopic (exact) mass is 245 g/mol. The van der Waals surface area contributed by atoms with Gasteiger partial charge in [0.05, 0.1) is 0 Å². The molecule has 0 aromatic rings. The van der Waals surface area contributed by atoms with Crippen molar-refractivity contribution < 1.29 is 24.4 Å². The van der Waals surface area contributed by atoms with Crippen LogP contribution < -0.4 is 5.32 Å². The van der Waals surface area contributed by atoms with Gasteiger partial charge in [-0.3, -0.25) is 0 Å². The van der Waals surface area contributed by atoms with E-state index < -0.39 is 28.8 Å². The average molecular weight is 245 g/mol. The Bertz CT molecular complexity index is 285. The minimum atomic E-state index is -2.12. The van der Waals surface area contributed by atoms with Crippen LogP contribution in [0.2, 0.25) is 0 Å². The number of rotatable bonds is 6. The van der Waals surface area contributed by atoms with Crippen molar-refractivity contribution in [1.29, 1.82) is 0 Å². The quantitative estimate of drug-likeness (QED) is 0.410. The molecule has 0 fully saturated rings. The molecule has 1 amide bonds. The molecular formula is C7H13NNaO5P. The molecule has 0 rings (SSSR count). The molecule has 0 bridgehead atoms. The van der Waals surface area contributed by atoms with Gasteiger partial charge in [-0.25, -0.2) is 0 Å². The first-order valence-electron chi connectivity index (χ1n) is 4.46. The summed E-state index contributed by atoms with van der Waals surface area (Å²) in [6, 6.07) is 0. The van der Waals surface area contributed by atoms with Gasteiger partial charge in [0, 0.05) is 0 Å². The standard InChI is InChI=1S/C7H13NO5P.Na/c1-5(10)8-6(7(11)12)2-3-14(13)4-9;/h9,14H,2-4H2,1H3,(H,8,10)(H,11,12);. The Balaban J connectivity index is 4.45. The Hall–Kier alpha value is 0.130. The zero-order chi connectivity index (χ0) is 12.1. The fourth-order valence-corrected chi connectivity index (χ4v) is 3.12.